The Labute approximate surface area is 177 Å². The van der Waals surface area contributed by atoms with Gasteiger partial charge in [0, 0.05) is 24.3 Å². The van der Waals surface area contributed by atoms with E-state index >= 15 is 0 Å². The van der Waals surface area contributed by atoms with Crippen molar-refractivity contribution in [1.29, 1.82) is 0 Å². The number of rotatable bonds is 6. The van der Waals surface area contributed by atoms with E-state index in [4.69, 9.17) is 4.74 Å². The highest BCUT2D eigenvalue weighted by molar-refractivity contribution is 7.89. The van der Waals surface area contributed by atoms with Crippen LogP contribution in [0.5, 0.6) is 0 Å². The van der Waals surface area contributed by atoms with E-state index in [-0.39, 0.29) is 17.1 Å². The normalized spacial score (nSPS) is 14.9. The summed E-state index contributed by atoms with van der Waals surface area (Å²) in [7, 11) is -3.63. The van der Waals surface area contributed by atoms with E-state index in [1.54, 1.807) is 44.2 Å². The number of carbonyl (C=O) groups is 2. The summed E-state index contributed by atoms with van der Waals surface area (Å²) in [5.74, 6) is -0.907. The van der Waals surface area contributed by atoms with E-state index < -0.39 is 21.9 Å². The lowest BCUT2D eigenvalue weighted by Crippen LogP contribution is -2.35. The molecule has 0 bridgehead atoms. The molecular formula is C22H26N2O5S. The van der Waals surface area contributed by atoms with Crippen LogP contribution >= 0.6 is 0 Å². The van der Waals surface area contributed by atoms with E-state index in [0.29, 0.717) is 29.9 Å². The third-order valence-corrected chi connectivity index (χ3v) is 7.02. The number of piperidine rings is 1. The highest BCUT2D eigenvalue weighted by Gasteiger charge is 2.26. The van der Waals surface area contributed by atoms with Gasteiger partial charge in [-0.3, -0.25) is 4.79 Å². The summed E-state index contributed by atoms with van der Waals surface area (Å²) in [6.07, 6.45) is 2.71. The van der Waals surface area contributed by atoms with Gasteiger partial charge in [-0.25, -0.2) is 13.2 Å². The van der Waals surface area contributed by atoms with Crippen LogP contribution in [0.4, 0.5) is 5.69 Å². The minimum atomic E-state index is -3.63. The summed E-state index contributed by atoms with van der Waals surface area (Å²) in [5, 5.41) is 2.77. The largest absolute Gasteiger partial charge is 0.462 e. The van der Waals surface area contributed by atoms with Gasteiger partial charge in [-0.15, -0.1) is 0 Å². The third kappa shape index (κ3) is 4.71. The van der Waals surface area contributed by atoms with E-state index in [0.717, 1.165) is 19.3 Å². The molecule has 1 aliphatic rings. The summed E-state index contributed by atoms with van der Waals surface area (Å²) in [6, 6.07) is 11.0. The first-order valence-electron chi connectivity index (χ1n) is 10.0. The van der Waals surface area contributed by atoms with Crippen LogP contribution in [0.3, 0.4) is 0 Å². The number of ether oxygens (including phenoxy) is 1. The van der Waals surface area contributed by atoms with Crippen LogP contribution in [-0.2, 0) is 14.8 Å². The fourth-order valence-corrected chi connectivity index (χ4v) is 5.01. The number of carbonyl (C=O) groups excluding carboxylic acids is 2. The lowest BCUT2D eigenvalue weighted by Gasteiger charge is -2.26. The second kappa shape index (κ2) is 9.40. The fourth-order valence-electron chi connectivity index (χ4n) is 3.45. The number of esters is 1. The number of sulfonamides is 1. The van der Waals surface area contributed by atoms with Crippen LogP contribution in [0.1, 0.15) is 52.5 Å². The molecule has 0 aromatic heterocycles. The maximum absolute atomic E-state index is 12.9. The zero-order chi connectivity index (χ0) is 21.7. The molecule has 0 unspecified atom stereocenters. The Morgan fingerprint density at radius 3 is 2.47 bits per heavy atom. The van der Waals surface area contributed by atoms with Crippen LogP contribution < -0.4 is 5.32 Å². The van der Waals surface area contributed by atoms with E-state index in [2.05, 4.69) is 5.32 Å². The number of amides is 1. The van der Waals surface area contributed by atoms with Crippen molar-refractivity contribution in [3.63, 3.8) is 0 Å². The summed E-state index contributed by atoms with van der Waals surface area (Å²) in [5.41, 5.74) is 1.65. The first-order chi connectivity index (χ1) is 14.3. The van der Waals surface area contributed by atoms with Crippen LogP contribution in [0.2, 0.25) is 0 Å². The van der Waals surface area contributed by atoms with Gasteiger partial charge in [-0.05, 0) is 62.6 Å². The topological polar surface area (TPSA) is 92.8 Å². The van der Waals surface area contributed by atoms with Crippen LogP contribution in [0.25, 0.3) is 0 Å². The van der Waals surface area contributed by atoms with Gasteiger partial charge in [0.25, 0.3) is 5.91 Å². The van der Waals surface area contributed by atoms with E-state index in [9.17, 15) is 18.0 Å². The van der Waals surface area contributed by atoms with Crippen molar-refractivity contribution in [2.75, 3.05) is 25.0 Å². The Morgan fingerprint density at radius 1 is 1.07 bits per heavy atom. The molecule has 0 saturated carbocycles. The van der Waals surface area contributed by atoms with Gasteiger partial charge in [0.2, 0.25) is 10.0 Å². The quantitative estimate of drug-likeness (QED) is 0.707. The minimum absolute atomic E-state index is 0.106. The molecule has 2 aromatic carbocycles. The Kier molecular flexibility index (Phi) is 6.89. The highest BCUT2D eigenvalue weighted by atomic mass is 32.2. The molecule has 1 heterocycles. The zero-order valence-electron chi connectivity index (χ0n) is 17.2. The van der Waals surface area contributed by atoms with Gasteiger partial charge in [-0.2, -0.15) is 4.31 Å². The predicted octanol–water partition coefficient (Wildman–Crippen LogP) is 3.60. The molecular weight excluding hydrogens is 404 g/mol. The van der Waals surface area contributed by atoms with Crippen molar-refractivity contribution in [3.05, 3.63) is 59.2 Å². The maximum atomic E-state index is 12.9. The molecule has 2 aromatic rings. The van der Waals surface area contributed by atoms with Crippen molar-refractivity contribution in [3.8, 4) is 0 Å². The summed E-state index contributed by atoms with van der Waals surface area (Å²) >= 11 is 0. The molecule has 160 valence electrons. The average molecular weight is 431 g/mol. The Hall–Kier alpha value is -2.71. The number of nitrogens with zero attached hydrogens (tertiary/aromatic N) is 1. The van der Waals surface area contributed by atoms with Gasteiger partial charge >= 0.3 is 5.97 Å². The minimum Gasteiger partial charge on any atom is -0.462 e. The third-order valence-electron chi connectivity index (χ3n) is 5.13. The van der Waals surface area contributed by atoms with Gasteiger partial charge < -0.3 is 10.1 Å². The fraction of sp³-hybridized carbons (Fsp3) is 0.364. The van der Waals surface area contributed by atoms with E-state index in [1.165, 1.54) is 16.4 Å². The summed E-state index contributed by atoms with van der Waals surface area (Å²) in [6.45, 7) is 4.70. The first kappa shape index (κ1) is 22.0. The second-order valence-electron chi connectivity index (χ2n) is 7.15. The molecule has 1 aliphatic heterocycles. The molecule has 1 N–H and O–H groups in total. The second-order valence-corrected chi connectivity index (χ2v) is 9.08. The number of nitrogens with one attached hydrogen (secondary N) is 1. The molecule has 8 heteroatoms. The molecule has 30 heavy (non-hydrogen) atoms. The molecule has 0 spiro atoms. The highest BCUT2D eigenvalue weighted by Crippen LogP contribution is 2.23. The maximum Gasteiger partial charge on any atom is 0.338 e. The standard InChI is InChI=1S/C22H26N2O5S/c1-3-29-22(26)19-11-8-12-20(16(19)2)23-21(25)17-9-7-10-18(15-17)30(27,28)24-13-5-4-6-14-24/h7-12,15H,3-6,13-14H2,1-2H3,(H,23,25). The van der Waals surface area contributed by atoms with Gasteiger partial charge in [0.15, 0.2) is 0 Å². The van der Waals surface area contributed by atoms with Gasteiger partial charge in [0.1, 0.15) is 0 Å². The molecule has 3 rings (SSSR count). The smallest absolute Gasteiger partial charge is 0.338 e. The number of benzene rings is 2. The molecule has 1 saturated heterocycles. The number of hydrogen-bond acceptors (Lipinski definition) is 5. The lowest BCUT2D eigenvalue weighted by molar-refractivity contribution is 0.0525. The van der Waals surface area contributed by atoms with Gasteiger partial charge in [-0.1, -0.05) is 18.6 Å². The monoisotopic (exact) mass is 430 g/mol. The van der Waals surface area contributed by atoms with Crippen molar-refractivity contribution >= 4 is 27.6 Å². The predicted molar refractivity (Wildman–Crippen MR) is 114 cm³/mol. The van der Waals surface area contributed by atoms with Gasteiger partial charge in [0.05, 0.1) is 17.1 Å². The van der Waals surface area contributed by atoms with E-state index in [1.807, 2.05) is 0 Å². The Morgan fingerprint density at radius 2 is 1.77 bits per heavy atom. The molecule has 7 nitrogen and oxygen atoms in total. The Bertz CT molecular complexity index is 1040. The number of anilines is 1. The molecule has 0 atom stereocenters. The van der Waals surface area contributed by atoms with Crippen LogP contribution in [-0.4, -0.2) is 44.3 Å². The zero-order valence-corrected chi connectivity index (χ0v) is 18.0. The molecule has 1 amide bonds. The average Bonchev–Trinajstić information content (AvgIpc) is 2.76. The summed E-state index contributed by atoms with van der Waals surface area (Å²) in [4.78, 5) is 25.0. The lowest BCUT2D eigenvalue weighted by atomic mass is 10.1. The number of hydrogen-bond donors (Lipinski definition) is 1. The van der Waals surface area contributed by atoms with Crippen LogP contribution in [0.15, 0.2) is 47.4 Å². The SMILES string of the molecule is CCOC(=O)c1cccc(NC(=O)c2cccc(S(=O)(=O)N3CCCCC3)c2)c1C. The first-order valence-corrected chi connectivity index (χ1v) is 11.5. The van der Waals surface area contributed by atoms with Crippen LogP contribution in [0, 0.1) is 6.92 Å². The molecule has 0 radical (unpaired) electrons. The van der Waals surface area contributed by atoms with Crippen molar-refractivity contribution in [2.45, 2.75) is 38.0 Å². The summed E-state index contributed by atoms with van der Waals surface area (Å²) < 4.78 is 32.3. The Balaban J connectivity index is 1.83. The van der Waals surface area contributed by atoms with Crippen molar-refractivity contribution in [1.82, 2.24) is 4.31 Å². The van der Waals surface area contributed by atoms with Crippen molar-refractivity contribution in [2.24, 2.45) is 0 Å². The molecule has 0 aliphatic carbocycles. The molecule has 1 fully saturated rings. The van der Waals surface area contributed by atoms with Crippen molar-refractivity contribution < 1.29 is 22.7 Å².